The zero-order chi connectivity index (χ0) is 16.7. The lowest BCUT2D eigenvalue weighted by Gasteiger charge is -2.34. The Labute approximate surface area is 145 Å². The molecular weight excluding hydrogens is 326 g/mol. The normalized spacial score (nSPS) is 10.4. The van der Waals surface area contributed by atoms with Crippen LogP contribution < -0.4 is 17.0 Å². The second kappa shape index (κ2) is 17.9. The molecule has 21 heavy (non-hydrogen) atoms. The molecule has 0 amide bonds. The van der Waals surface area contributed by atoms with Gasteiger partial charge in [0, 0.05) is 0 Å². The second-order valence-corrected chi connectivity index (χ2v) is 5.21. The molecule has 0 rings (SSSR count). The van der Waals surface area contributed by atoms with Crippen molar-refractivity contribution in [2.45, 2.75) is 55.4 Å². The Morgan fingerprint density at radius 2 is 0.571 bits per heavy atom. The van der Waals surface area contributed by atoms with Crippen molar-refractivity contribution in [3.63, 3.8) is 0 Å². The summed E-state index contributed by atoms with van der Waals surface area (Å²) in [5.41, 5.74) is 0. The fourth-order valence-electron chi connectivity index (χ4n) is 2.68. The largest absolute Gasteiger partial charge is 1.00 e. The van der Waals surface area contributed by atoms with Gasteiger partial charge in [0.2, 0.25) is 0 Å². The molecule has 0 aromatic carbocycles. The molecule has 0 N–H and O–H groups in total. The van der Waals surface area contributed by atoms with Gasteiger partial charge in [-0.1, -0.05) is 0 Å². The standard InChI is InChI=1S/2C8H20N.CN.BrH/c2*1-5-9(6-2,7-3)8-4;1-2;/h2*5-8H2,1-4H3;;1H/q2*+1;-1;/p-1. The summed E-state index contributed by atoms with van der Waals surface area (Å²) in [6.07, 6.45) is 0. The molecule has 0 aliphatic rings. The number of nitrogens with zero attached hydrogens (tertiary/aromatic N) is 3. The predicted octanol–water partition coefficient (Wildman–Crippen LogP) is 0.866. The van der Waals surface area contributed by atoms with Crippen LogP contribution in [0.3, 0.4) is 0 Å². The van der Waals surface area contributed by atoms with Crippen molar-refractivity contribution >= 4 is 0 Å². The molecule has 0 bridgehead atoms. The maximum atomic E-state index is 6.25. The average Bonchev–Trinajstić information content (AvgIpc) is 2.55. The van der Waals surface area contributed by atoms with Crippen molar-refractivity contribution < 1.29 is 25.9 Å². The minimum atomic E-state index is 0. The summed E-state index contributed by atoms with van der Waals surface area (Å²) in [7, 11) is 0. The third-order valence-corrected chi connectivity index (χ3v) is 5.37. The van der Waals surface area contributed by atoms with Crippen molar-refractivity contribution in [1.29, 1.82) is 5.26 Å². The van der Waals surface area contributed by atoms with Gasteiger partial charge in [-0.25, -0.2) is 0 Å². The van der Waals surface area contributed by atoms with Crippen LogP contribution in [0.25, 0.3) is 0 Å². The Bertz CT molecular complexity index is 154. The van der Waals surface area contributed by atoms with Crippen molar-refractivity contribution in [3.8, 4) is 0 Å². The van der Waals surface area contributed by atoms with Crippen LogP contribution in [0.2, 0.25) is 0 Å². The smallest absolute Gasteiger partial charge is 0.0757 e. The first-order chi connectivity index (χ1) is 9.49. The minimum absolute atomic E-state index is 0. The average molecular weight is 366 g/mol. The molecule has 0 aromatic rings. The maximum absolute atomic E-state index is 6.25. The second-order valence-electron chi connectivity index (χ2n) is 5.21. The van der Waals surface area contributed by atoms with Crippen molar-refractivity contribution in [2.75, 3.05) is 52.4 Å². The highest BCUT2D eigenvalue weighted by Crippen LogP contribution is 2.03. The SMILES string of the molecule is CC[N+](CC)(CC)CC.CC[N+](CC)(CC)CC.[Br-].[C-]#N. The lowest BCUT2D eigenvalue weighted by molar-refractivity contribution is -0.921. The highest BCUT2D eigenvalue weighted by molar-refractivity contribution is 4.31. The van der Waals surface area contributed by atoms with E-state index in [0.29, 0.717) is 0 Å². The zero-order valence-corrected chi connectivity index (χ0v) is 17.5. The summed E-state index contributed by atoms with van der Waals surface area (Å²) < 4.78 is 2.56. The molecule has 0 spiro atoms. The van der Waals surface area contributed by atoms with Gasteiger partial charge in [0.05, 0.1) is 52.4 Å². The van der Waals surface area contributed by atoms with Crippen LogP contribution in [-0.4, -0.2) is 61.3 Å². The molecule has 0 aromatic heterocycles. The molecule has 0 aliphatic carbocycles. The van der Waals surface area contributed by atoms with E-state index in [1.54, 1.807) is 0 Å². The summed E-state index contributed by atoms with van der Waals surface area (Å²) in [5.74, 6) is 0. The van der Waals surface area contributed by atoms with E-state index in [1.807, 2.05) is 0 Å². The summed E-state index contributed by atoms with van der Waals surface area (Å²) in [6.45, 7) is 33.2. The first kappa shape index (κ1) is 29.0. The van der Waals surface area contributed by atoms with Gasteiger partial charge in [0.25, 0.3) is 0 Å². The van der Waals surface area contributed by atoms with Gasteiger partial charge >= 0.3 is 0 Å². The summed E-state index contributed by atoms with van der Waals surface area (Å²) >= 11 is 0. The van der Waals surface area contributed by atoms with Gasteiger partial charge in [-0.2, -0.15) is 0 Å². The number of rotatable bonds is 8. The fraction of sp³-hybridized carbons (Fsp3) is 0.941. The summed E-state index contributed by atoms with van der Waals surface area (Å²) in [6, 6.07) is 0. The molecule has 0 radical (unpaired) electrons. The molecule has 0 saturated carbocycles. The lowest BCUT2D eigenvalue weighted by Crippen LogP contribution is -3.00. The van der Waals surface area contributed by atoms with Gasteiger partial charge in [-0.3, -0.25) is 0 Å². The van der Waals surface area contributed by atoms with Crippen molar-refractivity contribution in [3.05, 3.63) is 6.57 Å². The van der Waals surface area contributed by atoms with Crippen molar-refractivity contribution in [1.82, 2.24) is 0 Å². The van der Waals surface area contributed by atoms with E-state index in [-0.39, 0.29) is 17.0 Å². The Balaban J connectivity index is -0.000000118. The number of halogens is 1. The van der Waals surface area contributed by atoms with Crippen LogP contribution in [0, 0.1) is 11.8 Å². The Morgan fingerprint density at radius 3 is 0.571 bits per heavy atom. The van der Waals surface area contributed by atoms with Crippen LogP contribution in [0.1, 0.15) is 55.4 Å². The van der Waals surface area contributed by atoms with Crippen LogP contribution >= 0.6 is 0 Å². The van der Waals surface area contributed by atoms with Crippen LogP contribution in [0.4, 0.5) is 0 Å². The number of hydrogen-bond donors (Lipinski definition) is 0. The predicted molar refractivity (Wildman–Crippen MR) is 89.8 cm³/mol. The molecule has 130 valence electrons. The van der Waals surface area contributed by atoms with Crippen LogP contribution in [0.5, 0.6) is 0 Å². The lowest BCUT2D eigenvalue weighted by atomic mass is 10.3. The molecule has 0 atom stereocenters. The third-order valence-electron chi connectivity index (χ3n) is 5.37. The van der Waals surface area contributed by atoms with Crippen LogP contribution in [0.15, 0.2) is 0 Å². The zero-order valence-electron chi connectivity index (χ0n) is 15.9. The van der Waals surface area contributed by atoms with Gasteiger partial charge in [-0.05, 0) is 55.4 Å². The van der Waals surface area contributed by atoms with Gasteiger partial charge in [0.15, 0.2) is 0 Å². The number of hydrogen-bond acceptors (Lipinski definition) is 1. The molecule has 0 fully saturated rings. The highest BCUT2D eigenvalue weighted by Gasteiger charge is 2.16. The third kappa shape index (κ3) is 11.2. The Morgan fingerprint density at radius 1 is 0.476 bits per heavy atom. The molecule has 0 saturated heterocycles. The maximum Gasteiger partial charge on any atom is 0.0757 e. The van der Waals surface area contributed by atoms with E-state index < -0.39 is 0 Å². The molecular formula is C17H40BrN3. The van der Waals surface area contributed by atoms with Gasteiger partial charge < -0.3 is 37.8 Å². The van der Waals surface area contributed by atoms with E-state index in [4.69, 9.17) is 11.8 Å². The molecule has 0 aliphatic heterocycles. The fourth-order valence-corrected chi connectivity index (χ4v) is 2.68. The molecule has 0 heterocycles. The summed E-state index contributed by atoms with van der Waals surface area (Å²) in [4.78, 5) is 0. The first-order valence-corrected chi connectivity index (χ1v) is 8.41. The molecule has 3 nitrogen and oxygen atoms in total. The van der Waals surface area contributed by atoms with E-state index in [0.717, 1.165) is 0 Å². The van der Waals surface area contributed by atoms with Gasteiger partial charge in [0.1, 0.15) is 0 Å². The molecule has 0 unspecified atom stereocenters. The van der Waals surface area contributed by atoms with Crippen LogP contribution in [-0.2, 0) is 0 Å². The minimum Gasteiger partial charge on any atom is -1.00 e. The topological polar surface area (TPSA) is 23.8 Å². The number of quaternary nitrogens is 2. The van der Waals surface area contributed by atoms with E-state index in [9.17, 15) is 0 Å². The molecule has 4 heteroatoms. The Kier molecular flexibility index (Phi) is 24.7. The van der Waals surface area contributed by atoms with E-state index >= 15 is 0 Å². The highest BCUT2D eigenvalue weighted by atomic mass is 79.9. The first-order valence-electron chi connectivity index (χ1n) is 8.41. The van der Waals surface area contributed by atoms with Crippen molar-refractivity contribution in [2.24, 2.45) is 0 Å². The van der Waals surface area contributed by atoms with E-state index in [2.05, 4.69) is 55.4 Å². The quantitative estimate of drug-likeness (QED) is 0.462. The Hall–Kier alpha value is -0.110. The van der Waals surface area contributed by atoms with E-state index in [1.165, 1.54) is 61.3 Å². The van der Waals surface area contributed by atoms with Gasteiger partial charge in [-0.15, -0.1) is 0 Å². The monoisotopic (exact) mass is 365 g/mol. The summed E-state index contributed by atoms with van der Waals surface area (Å²) in [5, 5.41) is 6.25.